The van der Waals surface area contributed by atoms with Crippen LogP contribution in [0.25, 0.3) is 0 Å². The third kappa shape index (κ3) is 4.79. The van der Waals surface area contributed by atoms with E-state index in [4.69, 9.17) is 4.74 Å². The highest BCUT2D eigenvalue weighted by molar-refractivity contribution is 7.89. The second-order valence-corrected chi connectivity index (χ2v) is 7.04. The molecule has 0 aliphatic carbocycles. The van der Waals surface area contributed by atoms with E-state index in [9.17, 15) is 8.42 Å². The van der Waals surface area contributed by atoms with Crippen molar-refractivity contribution < 1.29 is 13.2 Å². The molecule has 1 aromatic rings. The topological polar surface area (TPSA) is 86.5 Å². The SMILES string of the molecule is CNCc1cc(S(=O)(=O)NC(C)CN2CCOCC2)c[nH]1. The van der Waals surface area contributed by atoms with Crippen molar-refractivity contribution in [2.75, 3.05) is 39.9 Å². The number of morpholine rings is 1. The van der Waals surface area contributed by atoms with Crippen LogP contribution in [0.15, 0.2) is 17.2 Å². The number of aromatic nitrogens is 1. The molecule has 1 aliphatic heterocycles. The first-order chi connectivity index (χ1) is 10.0. The minimum Gasteiger partial charge on any atom is -0.379 e. The highest BCUT2D eigenvalue weighted by Crippen LogP contribution is 2.11. The first kappa shape index (κ1) is 16.4. The van der Waals surface area contributed by atoms with Gasteiger partial charge in [-0.1, -0.05) is 0 Å². The van der Waals surface area contributed by atoms with Crippen LogP contribution in [0.1, 0.15) is 12.6 Å². The summed E-state index contributed by atoms with van der Waals surface area (Å²) in [5, 5.41) is 2.98. The average molecular weight is 316 g/mol. The van der Waals surface area contributed by atoms with E-state index in [1.807, 2.05) is 14.0 Å². The smallest absolute Gasteiger partial charge is 0.242 e. The molecule has 0 saturated carbocycles. The summed E-state index contributed by atoms with van der Waals surface area (Å²) in [4.78, 5) is 5.45. The Hall–Kier alpha value is -0.930. The fraction of sp³-hybridized carbons (Fsp3) is 0.692. The standard InChI is InChI=1S/C13H24N4O3S/c1-11(10-17-3-5-20-6-4-17)16-21(18,19)13-7-12(8-14-2)15-9-13/h7,9,11,14-16H,3-6,8,10H2,1-2H3. The Kier molecular flexibility index (Phi) is 5.77. The van der Waals surface area contributed by atoms with Gasteiger partial charge in [0.2, 0.25) is 10.0 Å². The number of hydrogen-bond donors (Lipinski definition) is 3. The highest BCUT2D eigenvalue weighted by atomic mass is 32.2. The summed E-state index contributed by atoms with van der Waals surface area (Å²) < 4.78 is 32.6. The molecule has 1 fully saturated rings. The Morgan fingerprint density at radius 2 is 2.14 bits per heavy atom. The van der Waals surface area contributed by atoms with Crippen molar-refractivity contribution in [1.82, 2.24) is 19.9 Å². The average Bonchev–Trinajstić information content (AvgIpc) is 2.89. The molecule has 0 aromatic carbocycles. The van der Waals surface area contributed by atoms with Crippen molar-refractivity contribution in [2.24, 2.45) is 0 Å². The van der Waals surface area contributed by atoms with Gasteiger partial charge >= 0.3 is 0 Å². The van der Waals surface area contributed by atoms with Crippen molar-refractivity contribution in [3.63, 3.8) is 0 Å². The number of hydrogen-bond acceptors (Lipinski definition) is 5. The summed E-state index contributed by atoms with van der Waals surface area (Å²) in [5.74, 6) is 0. The van der Waals surface area contributed by atoms with Crippen LogP contribution < -0.4 is 10.0 Å². The molecule has 7 nitrogen and oxygen atoms in total. The molecule has 0 spiro atoms. The van der Waals surface area contributed by atoms with Crippen molar-refractivity contribution in [2.45, 2.75) is 24.4 Å². The maximum atomic E-state index is 12.3. The molecule has 1 aliphatic rings. The second kappa shape index (κ2) is 7.37. The van der Waals surface area contributed by atoms with Gasteiger partial charge < -0.3 is 15.0 Å². The van der Waals surface area contributed by atoms with E-state index in [1.54, 1.807) is 6.07 Å². The molecule has 2 rings (SSSR count). The van der Waals surface area contributed by atoms with Gasteiger partial charge in [0.05, 0.1) is 18.1 Å². The van der Waals surface area contributed by atoms with E-state index in [1.165, 1.54) is 6.20 Å². The number of sulfonamides is 1. The zero-order chi connectivity index (χ0) is 15.3. The summed E-state index contributed by atoms with van der Waals surface area (Å²) in [6.07, 6.45) is 1.52. The first-order valence-electron chi connectivity index (χ1n) is 7.15. The number of nitrogens with zero attached hydrogens (tertiary/aromatic N) is 1. The highest BCUT2D eigenvalue weighted by Gasteiger charge is 2.21. The molecule has 8 heteroatoms. The summed E-state index contributed by atoms with van der Waals surface area (Å²) in [6, 6.07) is 1.51. The van der Waals surface area contributed by atoms with Crippen molar-refractivity contribution >= 4 is 10.0 Å². The third-order valence-electron chi connectivity index (χ3n) is 3.39. The van der Waals surface area contributed by atoms with E-state index in [-0.39, 0.29) is 10.9 Å². The van der Waals surface area contributed by atoms with E-state index in [0.29, 0.717) is 26.3 Å². The number of aromatic amines is 1. The van der Waals surface area contributed by atoms with E-state index in [2.05, 4.69) is 19.9 Å². The minimum atomic E-state index is -3.47. The third-order valence-corrected chi connectivity index (χ3v) is 4.95. The molecule has 2 heterocycles. The first-order valence-corrected chi connectivity index (χ1v) is 8.64. The van der Waals surface area contributed by atoms with Gasteiger partial charge in [0, 0.05) is 44.1 Å². The van der Waals surface area contributed by atoms with Crippen LogP contribution in [0.4, 0.5) is 0 Å². The lowest BCUT2D eigenvalue weighted by atomic mass is 10.3. The summed E-state index contributed by atoms with van der Waals surface area (Å²) in [6.45, 7) is 6.31. The zero-order valence-electron chi connectivity index (χ0n) is 12.6. The monoisotopic (exact) mass is 316 g/mol. The van der Waals surface area contributed by atoms with Gasteiger partial charge in [-0.2, -0.15) is 0 Å². The van der Waals surface area contributed by atoms with Gasteiger partial charge in [-0.05, 0) is 20.0 Å². The lowest BCUT2D eigenvalue weighted by Crippen LogP contribution is -2.45. The Morgan fingerprint density at radius 1 is 1.43 bits per heavy atom. The maximum absolute atomic E-state index is 12.3. The minimum absolute atomic E-state index is 0.143. The largest absolute Gasteiger partial charge is 0.379 e. The molecule has 1 unspecified atom stereocenters. The Bertz CT molecular complexity index is 537. The molecular formula is C13H24N4O3S. The van der Waals surface area contributed by atoms with Crippen molar-refractivity contribution in [3.05, 3.63) is 18.0 Å². The van der Waals surface area contributed by atoms with Gasteiger partial charge in [0.15, 0.2) is 0 Å². The quantitative estimate of drug-likeness (QED) is 0.645. The van der Waals surface area contributed by atoms with Gasteiger partial charge in [-0.25, -0.2) is 13.1 Å². The predicted molar refractivity (Wildman–Crippen MR) is 80.6 cm³/mol. The molecule has 1 saturated heterocycles. The molecule has 0 radical (unpaired) electrons. The normalized spacial score (nSPS) is 18.8. The van der Waals surface area contributed by atoms with Crippen LogP contribution in [0.2, 0.25) is 0 Å². The van der Waals surface area contributed by atoms with Crippen LogP contribution in [0, 0.1) is 0 Å². The Labute approximate surface area is 126 Å². The van der Waals surface area contributed by atoms with E-state index in [0.717, 1.165) is 18.8 Å². The second-order valence-electron chi connectivity index (χ2n) is 5.33. The fourth-order valence-electron chi connectivity index (χ4n) is 2.41. The van der Waals surface area contributed by atoms with Crippen LogP contribution in [-0.4, -0.2) is 64.2 Å². The molecule has 1 aromatic heterocycles. The molecule has 21 heavy (non-hydrogen) atoms. The molecular weight excluding hydrogens is 292 g/mol. The van der Waals surface area contributed by atoms with Gasteiger partial charge in [0.25, 0.3) is 0 Å². The lowest BCUT2D eigenvalue weighted by molar-refractivity contribution is 0.0354. The van der Waals surface area contributed by atoms with Crippen molar-refractivity contribution in [1.29, 1.82) is 0 Å². The lowest BCUT2D eigenvalue weighted by Gasteiger charge is -2.29. The number of ether oxygens (including phenoxy) is 1. The van der Waals surface area contributed by atoms with Gasteiger partial charge in [0.1, 0.15) is 0 Å². The Balaban J connectivity index is 1.92. The maximum Gasteiger partial charge on any atom is 0.242 e. The number of rotatable bonds is 7. The molecule has 0 bridgehead atoms. The number of nitrogens with one attached hydrogen (secondary N) is 3. The Morgan fingerprint density at radius 3 is 2.81 bits per heavy atom. The van der Waals surface area contributed by atoms with Crippen LogP contribution in [0.5, 0.6) is 0 Å². The predicted octanol–water partition coefficient (Wildman–Crippen LogP) is -0.267. The van der Waals surface area contributed by atoms with E-state index >= 15 is 0 Å². The summed E-state index contributed by atoms with van der Waals surface area (Å²) in [5.41, 5.74) is 0.846. The zero-order valence-corrected chi connectivity index (χ0v) is 13.4. The summed E-state index contributed by atoms with van der Waals surface area (Å²) >= 11 is 0. The van der Waals surface area contributed by atoms with Gasteiger partial charge in [-0.3, -0.25) is 4.90 Å². The fourth-order valence-corrected chi connectivity index (χ4v) is 3.66. The molecule has 3 N–H and O–H groups in total. The van der Waals surface area contributed by atoms with Gasteiger partial charge in [-0.15, -0.1) is 0 Å². The number of H-pyrrole nitrogens is 1. The van der Waals surface area contributed by atoms with E-state index < -0.39 is 10.0 Å². The molecule has 0 amide bonds. The van der Waals surface area contributed by atoms with Crippen LogP contribution >= 0.6 is 0 Å². The van der Waals surface area contributed by atoms with Crippen LogP contribution in [-0.2, 0) is 21.3 Å². The molecule has 1 atom stereocenters. The molecule has 120 valence electrons. The van der Waals surface area contributed by atoms with Crippen molar-refractivity contribution in [3.8, 4) is 0 Å². The summed E-state index contributed by atoms with van der Waals surface area (Å²) in [7, 11) is -1.66. The van der Waals surface area contributed by atoms with Crippen LogP contribution in [0.3, 0.4) is 0 Å².